The van der Waals surface area contributed by atoms with E-state index in [-0.39, 0.29) is 24.9 Å². The second kappa shape index (κ2) is 8.89. The normalized spacial score (nSPS) is 43.2. The van der Waals surface area contributed by atoms with Gasteiger partial charge in [-0.25, -0.2) is 0 Å². The molecule has 4 heterocycles. The van der Waals surface area contributed by atoms with E-state index in [1.165, 1.54) is 0 Å². The Kier molecular flexibility index (Phi) is 6.94. The van der Waals surface area contributed by atoms with Gasteiger partial charge in [0.15, 0.2) is 0 Å². The zero-order chi connectivity index (χ0) is 21.5. The number of hydrogen-bond acceptors (Lipinski definition) is 7. The van der Waals surface area contributed by atoms with Gasteiger partial charge in [-0.1, -0.05) is 0 Å². The molecule has 4 aliphatic rings. The first-order chi connectivity index (χ1) is 14.1. The van der Waals surface area contributed by atoms with E-state index in [1.54, 1.807) is 0 Å². The van der Waals surface area contributed by atoms with Crippen LogP contribution in [-0.4, -0.2) is 67.6 Å². The van der Waals surface area contributed by atoms with Crippen molar-refractivity contribution in [2.75, 3.05) is 38.8 Å². The molecule has 0 aliphatic carbocycles. The summed E-state index contributed by atoms with van der Waals surface area (Å²) in [6.45, 7) is 8.13. The Morgan fingerprint density at radius 1 is 0.900 bits per heavy atom. The van der Waals surface area contributed by atoms with Gasteiger partial charge in [0.25, 0.3) is 0 Å². The van der Waals surface area contributed by atoms with E-state index in [4.69, 9.17) is 23.3 Å². The van der Waals surface area contributed by atoms with E-state index in [0.717, 1.165) is 58.3 Å². The van der Waals surface area contributed by atoms with Crippen molar-refractivity contribution in [2.24, 2.45) is 0 Å². The second-order valence-electron chi connectivity index (χ2n) is 10.2. The number of rotatable bonds is 8. The van der Waals surface area contributed by atoms with E-state index >= 15 is 0 Å². The largest absolute Gasteiger partial charge is 0.378 e. The summed E-state index contributed by atoms with van der Waals surface area (Å²) >= 11 is 0. The second-order valence-corrected chi connectivity index (χ2v) is 16.3. The van der Waals surface area contributed by atoms with Crippen LogP contribution in [0.1, 0.15) is 65.7 Å². The van der Waals surface area contributed by atoms with E-state index in [1.807, 2.05) is 20.8 Å². The molecule has 0 aromatic heterocycles. The average molecular weight is 464 g/mol. The first-order valence-corrected chi connectivity index (χ1v) is 15.2. The molecule has 0 spiro atoms. The first kappa shape index (κ1) is 23.4. The molecule has 0 saturated carbocycles. The van der Waals surface area contributed by atoms with Crippen LogP contribution in [0.5, 0.6) is 0 Å². The molecule has 174 valence electrons. The van der Waals surface area contributed by atoms with E-state index in [0.29, 0.717) is 18.7 Å². The van der Waals surface area contributed by atoms with E-state index < -0.39 is 25.2 Å². The van der Waals surface area contributed by atoms with Crippen molar-refractivity contribution >= 4 is 14.7 Å². The summed E-state index contributed by atoms with van der Waals surface area (Å²) in [5.74, 6) is 0. The van der Waals surface area contributed by atoms with Crippen LogP contribution < -0.4 is 0 Å². The fourth-order valence-corrected chi connectivity index (χ4v) is 12.0. The minimum absolute atomic E-state index is 0.0198. The van der Waals surface area contributed by atoms with Gasteiger partial charge in [-0.15, -0.1) is 0 Å². The van der Waals surface area contributed by atoms with Gasteiger partial charge in [0.2, 0.25) is 0 Å². The molecule has 0 bridgehead atoms. The van der Waals surface area contributed by atoms with Crippen molar-refractivity contribution in [1.82, 2.24) is 0 Å². The summed E-state index contributed by atoms with van der Waals surface area (Å²) < 4.78 is 58.1. The molecule has 0 aromatic carbocycles. The Morgan fingerprint density at radius 2 is 1.40 bits per heavy atom. The quantitative estimate of drug-likeness (QED) is 0.467. The number of hydrogen-bond donors (Lipinski definition) is 0. The summed E-state index contributed by atoms with van der Waals surface area (Å²) in [4.78, 5) is 0. The molecular weight excluding hydrogens is 426 g/mol. The standard InChI is InChI=1S/C21H38O7P2/c1-20(2)16-21(3,28-30(20,23)27-13-17-7-4-10-24-17)29(22,14-18-8-5-11-25-18)15-19-9-6-12-26-19/h17-19H,4-16H2,1-3H3. The van der Waals surface area contributed by atoms with Gasteiger partial charge in [0.05, 0.1) is 30.1 Å². The molecule has 0 aromatic rings. The molecular formula is C21H38O7P2. The summed E-state index contributed by atoms with van der Waals surface area (Å²) in [6.07, 6.45) is 7.04. The molecule has 0 amide bonds. The van der Waals surface area contributed by atoms with Crippen molar-refractivity contribution in [2.45, 2.75) is 94.5 Å². The van der Waals surface area contributed by atoms with Gasteiger partial charge in [0, 0.05) is 38.6 Å². The maximum Gasteiger partial charge on any atom is 0.337 e. The predicted octanol–water partition coefficient (Wildman–Crippen LogP) is 5.01. The van der Waals surface area contributed by atoms with Crippen LogP contribution in [0.4, 0.5) is 0 Å². The SMILES string of the molecule is CC1(P(=O)(CC2CCCO2)CC2CCCO2)CC(C)(C)P(=O)(OCC2CCCO2)O1. The van der Waals surface area contributed by atoms with Crippen LogP contribution in [0.2, 0.25) is 0 Å². The highest BCUT2D eigenvalue weighted by atomic mass is 31.2. The Morgan fingerprint density at radius 3 is 1.87 bits per heavy atom. The van der Waals surface area contributed by atoms with Crippen molar-refractivity contribution < 1.29 is 32.4 Å². The highest BCUT2D eigenvalue weighted by Gasteiger charge is 2.64. The zero-order valence-electron chi connectivity index (χ0n) is 18.7. The highest BCUT2D eigenvalue weighted by Crippen LogP contribution is 2.79. The molecule has 4 saturated heterocycles. The van der Waals surface area contributed by atoms with Gasteiger partial charge >= 0.3 is 7.60 Å². The molecule has 4 fully saturated rings. The van der Waals surface area contributed by atoms with Gasteiger partial charge in [-0.05, 0) is 59.3 Å². The average Bonchev–Trinajstić information content (AvgIpc) is 3.44. The predicted molar refractivity (Wildman–Crippen MR) is 116 cm³/mol. The zero-order valence-corrected chi connectivity index (χ0v) is 20.5. The van der Waals surface area contributed by atoms with Gasteiger partial charge < -0.3 is 23.3 Å². The maximum atomic E-state index is 14.6. The molecule has 5 unspecified atom stereocenters. The fourth-order valence-electron chi connectivity index (χ4n) is 5.39. The summed E-state index contributed by atoms with van der Waals surface area (Å²) in [6, 6.07) is 0. The van der Waals surface area contributed by atoms with Crippen LogP contribution in [0.3, 0.4) is 0 Å². The molecule has 4 rings (SSSR count). The van der Waals surface area contributed by atoms with E-state index in [2.05, 4.69) is 0 Å². The lowest BCUT2D eigenvalue weighted by molar-refractivity contribution is 0.0558. The third-order valence-electron chi connectivity index (χ3n) is 7.18. The Labute approximate surface area is 180 Å². The molecule has 5 atom stereocenters. The van der Waals surface area contributed by atoms with Gasteiger partial charge in [-0.3, -0.25) is 9.09 Å². The third-order valence-corrected chi connectivity index (χ3v) is 14.1. The van der Waals surface area contributed by atoms with Crippen molar-refractivity contribution in [3.8, 4) is 0 Å². The molecule has 0 radical (unpaired) electrons. The lowest BCUT2D eigenvalue weighted by atomic mass is 10.1. The van der Waals surface area contributed by atoms with Crippen molar-refractivity contribution in [3.05, 3.63) is 0 Å². The molecule has 4 aliphatic heterocycles. The Hall–Kier alpha value is 0.260. The Bertz CT molecular complexity index is 671. The fraction of sp³-hybridized carbons (Fsp3) is 1.00. The lowest BCUT2D eigenvalue weighted by Gasteiger charge is -2.36. The Balaban J connectivity index is 1.55. The summed E-state index contributed by atoms with van der Waals surface area (Å²) in [5.41, 5.74) is 0. The minimum atomic E-state index is -3.47. The van der Waals surface area contributed by atoms with Gasteiger partial charge in [0.1, 0.15) is 12.5 Å². The maximum absolute atomic E-state index is 14.6. The van der Waals surface area contributed by atoms with Crippen LogP contribution in [0.15, 0.2) is 0 Å². The monoisotopic (exact) mass is 464 g/mol. The smallest absolute Gasteiger partial charge is 0.337 e. The molecule has 9 heteroatoms. The summed E-state index contributed by atoms with van der Waals surface area (Å²) in [5, 5.41) is -1.70. The van der Waals surface area contributed by atoms with Crippen molar-refractivity contribution in [3.63, 3.8) is 0 Å². The van der Waals surface area contributed by atoms with Crippen LogP contribution >= 0.6 is 14.7 Å². The van der Waals surface area contributed by atoms with Crippen LogP contribution in [0.25, 0.3) is 0 Å². The van der Waals surface area contributed by atoms with Crippen LogP contribution in [-0.2, 0) is 32.4 Å². The summed E-state index contributed by atoms with van der Waals surface area (Å²) in [7, 11) is -6.41. The van der Waals surface area contributed by atoms with Crippen molar-refractivity contribution in [1.29, 1.82) is 0 Å². The third kappa shape index (κ3) is 4.64. The van der Waals surface area contributed by atoms with E-state index in [9.17, 15) is 9.13 Å². The topological polar surface area (TPSA) is 80.3 Å². The minimum Gasteiger partial charge on any atom is -0.378 e. The molecule has 30 heavy (non-hydrogen) atoms. The number of ether oxygens (including phenoxy) is 3. The van der Waals surface area contributed by atoms with Crippen LogP contribution in [0, 0.1) is 0 Å². The highest BCUT2D eigenvalue weighted by molar-refractivity contribution is 7.67. The van der Waals surface area contributed by atoms with Gasteiger partial charge in [-0.2, -0.15) is 0 Å². The first-order valence-electron chi connectivity index (χ1n) is 11.5. The molecule has 7 nitrogen and oxygen atoms in total. The lowest BCUT2D eigenvalue weighted by Crippen LogP contribution is -2.34. The molecule has 0 N–H and O–H groups in total.